The Labute approximate surface area is 152 Å². The van der Waals surface area contributed by atoms with E-state index in [1.165, 1.54) is 0 Å². The topological polar surface area (TPSA) is 67.4 Å². The van der Waals surface area contributed by atoms with Gasteiger partial charge in [-0.15, -0.1) is 0 Å². The van der Waals surface area contributed by atoms with Crippen molar-refractivity contribution < 1.29 is 9.63 Å². The minimum atomic E-state index is -0.337. The van der Waals surface area contributed by atoms with Gasteiger partial charge in [0.25, 0.3) is 5.91 Å². The van der Waals surface area contributed by atoms with Crippen molar-refractivity contribution >= 4 is 17.4 Å². The maximum atomic E-state index is 12.6. The van der Waals surface area contributed by atoms with Gasteiger partial charge >= 0.3 is 0 Å². The molecule has 2 aromatic heterocycles. The molecule has 1 N–H and O–H groups in total. The Balaban J connectivity index is 1.74. The molecule has 6 heteroatoms. The molecular formula is C20H20N4O2. The predicted molar refractivity (Wildman–Crippen MR) is 99.9 cm³/mol. The molecule has 0 fully saturated rings. The maximum Gasteiger partial charge on any atom is 0.278 e. The fourth-order valence-corrected chi connectivity index (χ4v) is 2.58. The third-order valence-corrected chi connectivity index (χ3v) is 3.82. The number of pyridine rings is 2. The van der Waals surface area contributed by atoms with Crippen LogP contribution in [0.25, 0.3) is 0 Å². The van der Waals surface area contributed by atoms with Crippen LogP contribution in [0.5, 0.6) is 0 Å². The monoisotopic (exact) mass is 348 g/mol. The normalized spacial score (nSPS) is 10.3. The molecule has 1 amide bonds. The second kappa shape index (κ2) is 8.73. The van der Waals surface area contributed by atoms with Gasteiger partial charge in [0.05, 0.1) is 12.2 Å². The molecule has 0 bridgehead atoms. The average molecular weight is 348 g/mol. The Bertz CT molecular complexity index is 841. The highest BCUT2D eigenvalue weighted by molar-refractivity contribution is 5.99. The van der Waals surface area contributed by atoms with E-state index in [-0.39, 0.29) is 5.91 Å². The zero-order chi connectivity index (χ0) is 18.2. The van der Waals surface area contributed by atoms with Crippen LogP contribution in [0.4, 0.5) is 11.5 Å². The Morgan fingerprint density at radius 3 is 2.54 bits per heavy atom. The fourth-order valence-electron chi connectivity index (χ4n) is 2.58. The lowest BCUT2D eigenvalue weighted by Gasteiger charge is -2.23. The first-order valence-electron chi connectivity index (χ1n) is 8.38. The van der Waals surface area contributed by atoms with Crippen molar-refractivity contribution in [3.63, 3.8) is 0 Å². The number of carbonyl (C=O) groups excluding carboxylic acids is 1. The summed E-state index contributed by atoms with van der Waals surface area (Å²) in [5.74, 6) is 0.235. The first-order chi connectivity index (χ1) is 12.8. The summed E-state index contributed by atoms with van der Waals surface area (Å²) >= 11 is 0. The van der Waals surface area contributed by atoms with Crippen molar-refractivity contribution in [2.45, 2.75) is 13.5 Å². The van der Waals surface area contributed by atoms with E-state index in [1.807, 2.05) is 54.3 Å². The Kier molecular flexibility index (Phi) is 5.90. The van der Waals surface area contributed by atoms with Crippen molar-refractivity contribution in [2.24, 2.45) is 0 Å². The van der Waals surface area contributed by atoms with Crippen LogP contribution >= 0.6 is 0 Å². The van der Waals surface area contributed by atoms with Gasteiger partial charge in [-0.25, -0.2) is 10.5 Å². The lowest BCUT2D eigenvalue weighted by atomic mass is 10.2. The minimum Gasteiger partial charge on any atom is -0.326 e. The van der Waals surface area contributed by atoms with E-state index >= 15 is 0 Å². The second-order valence-electron chi connectivity index (χ2n) is 5.53. The van der Waals surface area contributed by atoms with Crippen molar-refractivity contribution in [2.75, 3.05) is 11.4 Å². The van der Waals surface area contributed by atoms with E-state index in [0.29, 0.717) is 24.5 Å². The van der Waals surface area contributed by atoms with Gasteiger partial charge in [0.15, 0.2) is 0 Å². The molecule has 0 atom stereocenters. The van der Waals surface area contributed by atoms with Gasteiger partial charge in [0, 0.05) is 30.8 Å². The third kappa shape index (κ3) is 4.23. The van der Waals surface area contributed by atoms with E-state index in [2.05, 4.69) is 15.4 Å². The highest BCUT2D eigenvalue weighted by atomic mass is 16.6. The molecule has 132 valence electrons. The number of hydrogen-bond acceptors (Lipinski definition) is 5. The molecule has 0 radical (unpaired) electrons. The number of aromatic nitrogens is 2. The molecule has 0 saturated carbocycles. The molecule has 0 aliphatic carbocycles. The van der Waals surface area contributed by atoms with E-state index in [4.69, 9.17) is 4.84 Å². The quantitative estimate of drug-likeness (QED) is 0.662. The number of carbonyl (C=O) groups is 1. The minimum absolute atomic E-state index is 0.296. The molecule has 0 saturated heterocycles. The lowest BCUT2D eigenvalue weighted by Crippen LogP contribution is -2.27. The van der Waals surface area contributed by atoms with Crippen LogP contribution in [0.2, 0.25) is 0 Å². The summed E-state index contributed by atoms with van der Waals surface area (Å²) in [7, 11) is 0. The molecule has 0 aliphatic rings. The van der Waals surface area contributed by atoms with Gasteiger partial charge in [-0.3, -0.25) is 14.6 Å². The number of amides is 1. The van der Waals surface area contributed by atoms with Crippen LogP contribution in [0.3, 0.4) is 0 Å². The molecule has 26 heavy (non-hydrogen) atoms. The van der Waals surface area contributed by atoms with Gasteiger partial charge in [0.1, 0.15) is 5.82 Å². The second-order valence-corrected chi connectivity index (χ2v) is 5.53. The number of hydrogen-bond donors (Lipinski definition) is 1. The Morgan fingerprint density at radius 1 is 1.04 bits per heavy atom. The van der Waals surface area contributed by atoms with Crippen LogP contribution in [0.15, 0.2) is 73.2 Å². The summed E-state index contributed by atoms with van der Waals surface area (Å²) in [4.78, 5) is 28.3. The average Bonchev–Trinajstić information content (AvgIpc) is 2.70. The van der Waals surface area contributed by atoms with Crippen LogP contribution in [0, 0.1) is 0 Å². The number of benzene rings is 1. The summed E-state index contributed by atoms with van der Waals surface area (Å²) < 4.78 is 0. The van der Waals surface area contributed by atoms with Gasteiger partial charge in [-0.2, -0.15) is 0 Å². The van der Waals surface area contributed by atoms with Crippen molar-refractivity contribution in [1.82, 2.24) is 15.4 Å². The van der Waals surface area contributed by atoms with Crippen LogP contribution in [0.1, 0.15) is 22.8 Å². The first-order valence-corrected chi connectivity index (χ1v) is 8.38. The van der Waals surface area contributed by atoms with Crippen molar-refractivity contribution in [1.29, 1.82) is 0 Å². The van der Waals surface area contributed by atoms with Gasteiger partial charge < -0.3 is 4.90 Å². The molecule has 1 aromatic carbocycles. The highest BCUT2D eigenvalue weighted by Gasteiger charge is 2.18. The molecule has 6 nitrogen and oxygen atoms in total. The van der Waals surface area contributed by atoms with Crippen molar-refractivity contribution in [3.05, 3.63) is 84.3 Å². The number of nitrogens with zero attached hydrogens (tertiary/aromatic N) is 3. The molecule has 0 unspecified atom stereocenters. The van der Waals surface area contributed by atoms with E-state index in [9.17, 15) is 4.79 Å². The van der Waals surface area contributed by atoms with Gasteiger partial charge in [-0.1, -0.05) is 30.3 Å². The molecule has 0 spiro atoms. The number of hydroxylamine groups is 1. The fraction of sp³-hybridized carbons (Fsp3) is 0.150. The molecule has 2 heterocycles. The highest BCUT2D eigenvalue weighted by Crippen LogP contribution is 2.25. The van der Waals surface area contributed by atoms with E-state index < -0.39 is 0 Å². The van der Waals surface area contributed by atoms with Crippen LogP contribution in [-0.4, -0.2) is 22.4 Å². The number of anilines is 2. The molecular weight excluding hydrogens is 328 g/mol. The third-order valence-electron chi connectivity index (χ3n) is 3.82. The van der Waals surface area contributed by atoms with E-state index in [1.54, 1.807) is 30.7 Å². The van der Waals surface area contributed by atoms with Crippen LogP contribution in [-0.2, 0) is 11.4 Å². The summed E-state index contributed by atoms with van der Waals surface area (Å²) in [6.07, 6.45) is 5.09. The summed E-state index contributed by atoms with van der Waals surface area (Å²) in [5, 5.41) is 0. The predicted octanol–water partition coefficient (Wildman–Crippen LogP) is 3.50. The number of rotatable bonds is 7. The summed E-state index contributed by atoms with van der Waals surface area (Å²) in [6.45, 7) is 2.96. The zero-order valence-electron chi connectivity index (χ0n) is 14.5. The molecule has 3 aromatic rings. The van der Waals surface area contributed by atoms with E-state index in [0.717, 1.165) is 11.3 Å². The Hall–Kier alpha value is -3.25. The molecule has 3 rings (SSSR count). The largest absolute Gasteiger partial charge is 0.326 e. The number of nitrogens with one attached hydrogen (secondary N) is 1. The standard InChI is InChI=1S/C20H20N4O2/c1-2-24(17-10-13-21-14-11-17)19-18(9-6-12-22-19)20(25)23-26-15-16-7-4-3-5-8-16/h3-14H,2,15H2,1H3,(H,23,25). The first kappa shape index (κ1) is 17.6. The SMILES string of the molecule is CCN(c1ccncc1)c1ncccc1C(=O)NOCc1ccccc1. The zero-order valence-corrected chi connectivity index (χ0v) is 14.5. The van der Waals surface area contributed by atoms with Gasteiger partial charge in [-0.05, 0) is 36.8 Å². The summed E-state index contributed by atoms with van der Waals surface area (Å²) in [6, 6.07) is 16.9. The lowest BCUT2D eigenvalue weighted by molar-refractivity contribution is 0.0234. The van der Waals surface area contributed by atoms with Gasteiger partial charge in [0.2, 0.25) is 0 Å². The molecule has 0 aliphatic heterocycles. The van der Waals surface area contributed by atoms with Crippen LogP contribution < -0.4 is 10.4 Å². The van der Waals surface area contributed by atoms with Crippen molar-refractivity contribution in [3.8, 4) is 0 Å². The summed E-state index contributed by atoms with van der Waals surface area (Å²) in [5.41, 5.74) is 4.84. The smallest absolute Gasteiger partial charge is 0.278 e. The Morgan fingerprint density at radius 2 is 1.81 bits per heavy atom. The maximum absolute atomic E-state index is 12.6.